The maximum absolute atomic E-state index is 4.46. The van der Waals surface area contributed by atoms with Crippen LogP contribution >= 0.6 is 0 Å². The lowest BCUT2D eigenvalue weighted by molar-refractivity contribution is -0.688. The standard InChI is InChI=1S/C18H17N2/c1-15-7-9-17(10-8-15)18-14-20(12-11-19-18)13-16-5-3-2-4-6-16/h2-12,14H,13H2,1H3/q+1. The van der Waals surface area contributed by atoms with Gasteiger partial charge in [-0.2, -0.15) is 4.57 Å². The number of nitrogens with zero attached hydrogens (tertiary/aromatic N) is 2. The van der Waals surface area contributed by atoms with Gasteiger partial charge in [-0.3, -0.25) is 0 Å². The molecule has 0 bridgehead atoms. The Kier molecular flexibility index (Phi) is 3.55. The molecule has 0 unspecified atom stereocenters. The van der Waals surface area contributed by atoms with Gasteiger partial charge in [0, 0.05) is 11.1 Å². The summed E-state index contributed by atoms with van der Waals surface area (Å²) in [5, 5.41) is 0. The van der Waals surface area contributed by atoms with Gasteiger partial charge in [-0.15, -0.1) is 0 Å². The van der Waals surface area contributed by atoms with Crippen molar-refractivity contribution in [2.24, 2.45) is 0 Å². The van der Waals surface area contributed by atoms with Crippen LogP contribution in [0.15, 0.2) is 73.2 Å². The van der Waals surface area contributed by atoms with Crippen molar-refractivity contribution in [1.29, 1.82) is 0 Å². The Bertz CT molecular complexity index is 688. The van der Waals surface area contributed by atoms with E-state index in [2.05, 4.69) is 71.2 Å². The summed E-state index contributed by atoms with van der Waals surface area (Å²) in [7, 11) is 0. The highest BCUT2D eigenvalue weighted by Gasteiger charge is 2.07. The molecule has 0 aliphatic carbocycles. The number of aryl methyl sites for hydroxylation is 1. The maximum atomic E-state index is 4.46. The number of benzene rings is 2. The second-order valence-corrected chi connectivity index (χ2v) is 4.97. The van der Waals surface area contributed by atoms with Crippen molar-refractivity contribution < 1.29 is 4.57 Å². The minimum Gasteiger partial charge on any atom is -0.244 e. The molecule has 0 amide bonds. The van der Waals surface area contributed by atoms with Gasteiger partial charge in [0.15, 0.2) is 18.9 Å². The minimum absolute atomic E-state index is 0.863. The summed E-state index contributed by atoms with van der Waals surface area (Å²) in [5.41, 5.74) is 4.71. The predicted molar refractivity (Wildman–Crippen MR) is 80.1 cm³/mol. The third-order valence-corrected chi connectivity index (χ3v) is 3.32. The van der Waals surface area contributed by atoms with Crippen LogP contribution in [0.2, 0.25) is 0 Å². The summed E-state index contributed by atoms with van der Waals surface area (Å²) < 4.78 is 2.16. The van der Waals surface area contributed by atoms with Gasteiger partial charge in [-0.25, -0.2) is 4.98 Å². The molecule has 0 saturated carbocycles. The summed E-state index contributed by atoms with van der Waals surface area (Å²) in [4.78, 5) is 4.46. The SMILES string of the molecule is Cc1ccc(-c2c[n+](Cc3ccccc3)ccn2)cc1. The third kappa shape index (κ3) is 2.91. The summed E-state index contributed by atoms with van der Waals surface area (Å²) in [5.74, 6) is 0. The van der Waals surface area contributed by atoms with Crippen LogP contribution in [0.4, 0.5) is 0 Å². The Morgan fingerprint density at radius 1 is 0.950 bits per heavy atom. The molecule has 0 spiro atoms. The van der Waals surface area contributed by atoms with Crippen molar-refractivity contribution >= 4 is 0 Å². The van der Waals surface area contributed by atoms with E-state index >= 15 is 0 Å². The van der Waals surface area contributed by atoms with Crippen molar-refractivity contribution in [2.45, 2.75) is 13.5 Å². The molecule has 2 nitrogen and oxygen atoms in total. The van der Waals surface area contributed by atoms with E-state index in [1.165, 1.54) is 11.1 Å². The highest BCUT2D eigenvalue weighted by Crippen LogP contribution is 2.15. The van der Waals surface area contributed by atoms with Gasteiger partial charge in [0.2, 0.25) is 0 Å². The van der Waals surface area contributed by atoms with Gasteiger partial charge in [-0.05, 0) is 6.92 Å². The van der Waals surface area contributed by atoms with Crippen LogP contribution in [0.1, 0.15) is 11.1 Å². The van der Waals surface area contributed by atoms with Crippen LogP contribution < -0.4 is 4.57 Å². The fourth-order valence-electron chi connectivity index (χ4n) is 2.20. The smallest absolute Gasteiger partial charge is 0.195 e. The Hall–Kier alpha value is -2.48. The lowest BCUT2D eigenvalue weighted by Crippen LogP contribution is -2.33. The summed E-state index contributed by atoms with van der Waals surface area (Å²) in [6, 6.07) is 18.9. The first-order chi connectivity index (χ1) is 9.81. The molecule has 0 aliphatic heterocycles. The molecule has 3 aromatic rings. The van der Waals surface area contributed by atoms with Gasteiger partial charge < -0.3 is 0 Å². The van der Waals surface area contributed by atoms with Gasteiger partial charge in [0.25, 0.3) is 0 Å². The van der Waals surface area contributed by atoms with E-state index < -0.39 is 0 Å². The molecule has 98 valence electrons. The monoisotopic (exact) mass is 261 g/mol. The molecule has 0 fully saturated rings. The van der Waals surface area contributed by atoms with Crippen molar-refractivity contribution in [3.63, 3.8) is 0 Å². The molecular weight excluding hydrogens is 244 g/mol. The minimum atomic E-state index is 0.863. The zero-order chi connectivity index (χ0) is 13.8. The lowest BCUT2D eigenvalue weighted by Gasteiger charge is -2.01. The van der Waals surface area contributed by atoms with Crippen LogP contribution in [0.3, 0.4) is 0 Å². The van der Waals surface area contributed by atoms with Crippen molar-refractivity contribution in [1.82, 2.24) is 4.98 Å². The average Bonchev–Trinajstić information content (AvgIpc) is 2.49. The fraction of sp³-hybridized carbons (Fsp3) is 0.111. The second kappa shape index (κ2) is 5.66. The molecule has 0 aliphatic rings. The van der Waals surface area contributed by atoms with E-state index in [0.717, 1.165) is 17.8 Å². The molecule has 1 heterocycles. The summed E-state index contributed by atoms with van der Waals surface area (Å²) in [6.45, 7) is 2.96. The highest BCUT2D eigenvalue weighted by molar-refractivity contribution is 5.57. The number of hydrogen-bond acceptors (Lipinski definition) is 1. The third-order valence-electron chi connectivity index (χ3n) is 3.32. The van der Waals surface area contributed by atoms with Crippen LogP contribution in [-0.2, 0) is 6.54 Å². The van der Waals surface area contributed by atoms with Crippen molar-refractivity contribution in [2.75, 3.05) is 0 Å². The normalized spacial score (nSPS) is 10.4. The van der Waals surface area contributed by atoms with Gasteiger partial charge in [-0.1, -0.05) is 60.2 Å². The second-order valence-electron chi connectivity index (χ2n) is 4.97. The van der Waals surface area contributed by atoms with Gasteiger partial charge >= 0.3 is 0 Å². The molecule has 2 aromatic carbocycles. The van der Waals surface area contributed by atoms with Gasteiger partial charge in [0.1, 0.15) is 5.69 Å². The first kappa shape index (κ1) is 12.5. The number of rotatable bonds is 3. The van der Waals surface area contributed by atoms with E-state index in [1.54, 1.807) is 0 Å². The Labute approximate surface area is 119 Å². The van der Waals surface area contributed by atoms with Gasteiger partial charge in [0.05, 0.1) is 6.20 Å². The Morgan fingerprint density at radius 3 is 2.45 bits per heavy atom. The van der Waals surface area contributed by atoms with Crippen LogP contribution in [0.5, 0.6) is 0 Å². The molecule has 0 N–H and O–H groups in total. The van der Waals surface area contributed by atoms with E-state index in [-0.39, 0.29) is 0 Å². The summed E-state index contributed by atoms with van der Waals surface area (Å²) in [6.07, 6.45) is 5.96. The van der Waals surface area contributed by atoms with E-state index in [1.807, 2.05) is 18.5 Å². The molecule has 0 atom stereocenters. The summed E-state index contributed by atoms with van der Waals surface area (Å²) >= 11 is 0. The maximum Gasteiger partial charge on any atom is 0.195 e. The van der Waals surface area contributed by atoms with E-state index in [9.17, 15) is 0 Å². The number of aromatic nitrogens is 2. The lowest BCUT2D eigenvalue weighted by atomic mass is 10.1. The molecule has 20 heavy (non-hydrogen) atoms. The molecular formula is C18H17N2+. The fourth-order valence-corrected chi connectivity index (χ4v) is 2.20. The highest BCUT2D eigenvalue weighted by atomic mass is 15.0. The Balaban J connectivity index is 1.88. The van der Waals surface area contributed by atoms with Crippen molar-refractivity contribution in [3.05, 3.63) is 84.3 Å². The average molecular weight is 261 g/mol. The number of hydrogen-bond donors (Lipinski definition) is 0. The topological polar surface area (TPSA) is 16.8 Å². The van der Waals surface area contributed by atoms with Crippen molar-refractivity contribution in [3.8, 4) is 11.3 Å². The first-order valence-electron chi connectivity index (χ1n) is 6.77. The molecule has 2 heteroatoms. The van der Waals surface area contributed by atoms with Crippen LogP contribution in [0.25, 0.3) is 11.3 Å². The molecule has 3 rings (SSSR count). The zero-order valence-electron chi connectivity index (χ0n) is 11.5. The quantitative estimate of drug-likeness (QED) is 0.660. The van der Waals surface area contributed by atoms with E-state index in [0.29, 0.717) is 0 Å². The van der Waals surface area contributed by atoms with E-state index in [4.69, 9.17) is 0 Å². The van der Waals surface area contributed by atoms with Crippen LogP contribution in [-0.4, -0.2) is 4.98 Å². The Morgan fingerprint density at radius 2 is 1.70 bits per heavy atom. The zero-order valence-corrected chi connectivity index (χ0v) is 11.5. The molecule has 0 saturated heterocycles. The molecule has 1 aromatic heterocycles. The largest absolute Gasteiger partial charge is 0.244 e. The predicted octanol–water partition coefficient (Wildman–Crippen LogP) is 3.39. The first-order valence-corrected chi connectivity index (χ1v) is 6.77. The van der Waals surface area contributed by atoms with Crippen LogP contribution in [0, 0.1) is 6.92 Å². The molecule has 0 radical (unpaired) electrons.